The highest BCUT2D eigenvalue weighted by Crippen LogP contribution is 2.31. The van der Waals surface area contributed by atoms with Crippen LogP contribution in [0.5, 0.6) is 0 Å². The van der Waals surface area contributed by atoms with Crippen LogP contribution in [0.3, 0.4) is 0 Å². The second-order valence-corrected chi connectivity index (χ2v) is 9.68. The van der Waals surface area contributed by atoms with Crippen LogP contribution in [0.1, 0.15) is 69.1 Å². The summed E-state index contributed by atoms with van der Waals surface area (Å²) >= 11 is 0. The van der Waals surface area contributed by atoms with E-state index in [-0.39, 0.29) is 23.9 Å². The van der Waals surface area contributed by atoms with Gasteiger partial charge in [-0.1, -0.05) is 54.6 Å². The Morgan fingerprint density at radius 3 is 2.23 bits per heavy atom. The largest absolute Gasteiger partial charge is 0.371 e. The summed E-state index contributed by atoms with van der Waals surface area (Å²) in [6.45, 7) is 3.57. The number of carbonyl (C=O) groups is 2. The van der Waals surface area contributed by atoms with Gasteiger partial charge < -0.3 is 15.5 Å². The summed E-state index contributed by atoms with van der Waals surface area (Å²) in [7, 11) is 0. The second kappa shape index (κ2) is 10.3. The molecule has 0 spiro atoms. The molecule has 1 heterocycles. The number of nitrogens with zero attached hydrogens (tertiary/aromatic N) is 1. The molecule has 0 aromatic heterocycles. The van der Waals surface area contributed by atoms with Gasteiger partial charge in [0.1, 0.15) is 0 Å². The molecule has 0 bridgehead atoms. The lowest BCUT2D eigenvalue weighted by molar-refractivity contribution is 0.0925. The minimum atomic E-state index is -0.0164. The zero-order valence-corrected chi connectivity index (χ0v) is 20.3. The van der Waals surface area contributed by atoms with Crippen LogP contribution in [0.25, 0.3) is 0 Å². The third kappa shape index (κ3) is 5.09. The number of rotatable bonds is 5. The van der Waals surface area contributed by atoms with Crippen molar-refractivity contribution in [2.45, 2.75) is 51.1 Å². The third-order valence-electron chi connectivity index (χ3n) is 7.38. The number of carbonyl (C=O) groups excluding carboxylic acids is 2. The first-order valence-corrected chi connectivity index (χ1v) is 12.7. The number of nitrogens with one attached hydrogen (secondary N) is 2. The number of para-hydroxylation sites is 1. The Bertz CT molecular complexity index is 1210. The zero-order chi connectivity index (χ0) is 24.2. The summed E-state index contributed by atoms with van der Waals surface area (Å²) in [5.74, 6) is -0.0219. The van der Waals surface area contributed by atoms with E-state index >= 15 is 0 Å². The lowest BCUT2D eigenvalue weighted by Gasteiger charge is -2.35. The van der Waals surface area contributed by atoms with Gasteiger partial charge in [0.05, 0.1) is 11.6 Å². The van der Waals surface area contributed by atoms with E-state index in [0.717, 1.165) is 67.6 Å². The smallest absolute Gasteiger partial charge is 0.253 e. The van der Waals surface area contributed by atoms with E-state index in [2.05, 4.69) is 39.8 Å². The first kappa shape index (κ1) is 23.2. The van der Waals surface area contributed by atoms with Crippen molar-refractivity contribution in [3.05, 3.63) is 101 Å². The molecule has 1 aliphatic carbocycles. The van der Waals surface area contributed by atoms with Crippen molar-refractivity contribution >= 4 is 17.5 Å². The highest BCUT2D eigenvalue weighted by molar-refractivity contribution is 6.00. The molecule has 180 valence electrons. The number of aryl methyl sites for hydroxylation is 2. The molecular weight excluding hydrogens is 434 g/mol. The summed E-state index contributed by atoms with van der Waals surface area (Å²) < 4.78 is 0. The van der Waals surface area contributed by atoms with Gasteiger partial charge in [0.15, 0.2) is 0 Å². The van der Waals surface area contributed by atoms with Crippen LogP contribution < -0.4 is 15.5 Å². The fourth-order valence-corrected chi connectivity index (χ4v) is 5.44. The standard InChI is InChI=1S/C30H33N3O2/c1-21-9-2-4-12-24(21)29(34)31-23-17-19-33(20-18-23)28-16-7-6-14-26(28)30(35)32-27-15-8-11-22-10-3-5-13-25(22)27/h2-7,9-10,12-14,16,23,27H,8,11,15,17-20H2,1H3,(H,31,34)(H,32,35). The molecule has 5 heteroatoms. The van der Waals surface area contributed by atoms with Gasteiger partial charge in [-0.3, -0.25) is 9.59 Å². The maximum Gasteiger partial charge on any atom is 0.253 e. The van der Waals surface area contributed by atoms with E-state index < -0.39 is 0 Å². The Kier molecular flexibility index (Phi) is 6.84. The average Bonchev–Trinajstić information content (AvgIpc) is 2.89. The molecule has 1 unspecified atom stereocenters. The number of anilines is 1. The molecule has 0 radical (unpaired) electrons. The van der Waals surface area contributed by atoms with E-state index in [9.17, 15) is 9.59 Å². The first-order valence-electron chi connectivity index (χ1n) is 12.7. The van der Waals surface area contributed by atoms with Crippen LogP contribution in [0, 0.1) is 6.92 Å². The minimum absolute atomic E-state index is 0.00547. The predicted molar refractivity (Wildman–Crippen MR) is 140 cm³/mol. The van der Waals surface area contributed by atoms with Crippen LogP contribution in [0.4, 0.5) is 5.69 Å². The van der Waals surface area contributed by atoms with E-state index in [4.69, 9.17) is 0 Å². The summed E-state index contributed by atoms with van der Waals surface area (Å²) in [5, 5.41) is 6.51. The Morgan fingerprint density at radius 2 is 1.43 bits per heavy atom. The molecule has 1 fully saturated rings. The molecule has 2 N–H and O–H groups in total. The first-order chi connectivity index (χ1) is 17.1. The van der Waals surface area contributed by atoms with Crippen molar-refractivity contribution in [2.24, 2.45) is 0 Å². The highest BCUT2D eigenvalue weighted by Gasteiger charge is 2.26. The number of amides is 2. The Balaban J connectivity index is 1.24. The lowest BCUT2D eigenvalue weighted by Crippen LogP contribution is -2.45. The molecule has 3 aromatic rings. The third-order valence-corrected chi connectivity index (χ3v) is 7.38. The van der Waals surface area contributed by atoms with Gasteiger partial charge in [-0.2, -0.15) is 0 Å². The minimum Gasteiger partial charge on any atom is -0.371 e. The normalized spacial score (nSPS) is 18.0. The van der Waals surface area contributed by atoms with Gasteiger partial charge in [0.25, 0.3) is 11.8 Å². The fraction of sp³-hybridized carbons (Fsp3) is 0.333. The van der Waals surface area contributed by atoms with Crippen molar-refractivity contribution in [1.29, 1.82) is 0 Å². The van der Waals surface area contributed by atoms with E-state index in [1.54, 1.807) is 0 Å². The lowest BCUT2D eigenvalue weighted by atomic mass is 9.87. The predicted octanol–water partition coefficient (Wildman–Crippen LogP) is 5.20. The number of hydrogen-bond donors (Lipinski definition) is 2. The fourth-order valence-electron chi connectivity index (χ4n) is 5.44. The highest BCUT2D eigenvalue weighted by atomic mass is 16.2. The maximum atomic E-state index is 13.4. The Hall–Kier alpha value is -3.60. The molecule has 5 rings (SSSR count). The van der Waals surface area contributed by atoms with Crippen molar-refractivity contribution in [3.8, 4) is 0 Å². The molecule has 2 amide bonds. The van der Waals surface area contributed by atoms with E-state index in [1.807, 2.05) is 55.5 Å². The van der Waals surface area contributed by atoms with Crippen molar-refractivity contribution in [1.82, 2.24) is 10.6 Å². The van der Waals surface area contributed by atoms with Crippen LogP contribution >= 0.6 is 0 Å². The number of hydrogen-bond acceptors (Lipinski definition) is 3. The van der Waals surface area contributed by atoms with Crippen LogP contribution in [0.15, 0.2) is 72.8 Å². The number of piperidine rings is 1. The van der Waals surface area contributed by atoms with Gasteiger partial charge in [-0.25, -0.2) is 0 Å². The molecular formula is C30H33N3O2. The topological polar surface area (TPSA) is 61.4 Å². The van der Waals surface area contributed by atoms with Gasteiger partial charge >= 0.3 is 0 Å². The van der Waals surface area contributed by atoms with Gasteiger partial charge in [-0.05, 0) is 73.9 Å². The molecule has 1 atom stereocenters. The van der Waals surface area contributed by atoms with Crippen molar-refractivity contribution in [3.63, 3.8) is 0 Å². The molecule has 2 aliphatic rings. The molecule has 0 saturated carbocycles. The SMILES string of the molecule is Cc1ccccc1C(=O)NC1CCN(c2ccccc2C(=O)NC2CCCc3ccccc32)CC1. The van der Waals surface area contributed by atoms with Crippen molar-refractivity contribution < 1.29 is 9.59 Å². The van der Waals surface area contributed by atoms with Crippen LogP contribution in [0.2, 0.25) is 0 Å². The van der Waals surface area contributed by atoms with Crippen LogP contribution in [-0.4, -0.2) is 30.9 Å². The maximum absolute atomic E-state index is 13.4. The average molecular weight is 468 g/mol. The summed E-state index contributed by atoms with van der Waals surface area (Å²) in [6, 6.07) is 24.2. The summed E-state index contributed by atoms with van der Waals surface area (Å²) in [5.41, 5.74) is 6.00. The number of benzene rings is 3. The quantitative estimate of drug-likeness (QED) is 0.542. The van der Waals surface area contributed by atoms with Gasteiger partial charge in [0, 0.05) is 30.4 Å². The Morgan fingerprint density at radius 1 is 0.771 bits per heavy atom. The molecule has 35 heavy (non-hydrogen) atoms. The second-order valence-electron chi connectivity index (χ2n) is 9.68. The van der Waals surface area contributed by atoms with Crippen molar-refractivity contribution in [2.75, 3.05) is 18.0 Å². The summed E-state index contributed by atoms with van der Waals surface area (Å²) in [6.07, 6.45) is 4.84. The van der Waals surface area contributed by atoms with Gasteiger partial charge in [0.2, 0.25) is 0 Å². The summed E-state index contributed by atoms with van der Waals surface area (Å²) in [4.78, 5) is 28.4. The molecule has 3 aromatic carbocycles. The monoisotopic (exact) mass is 467 g/mol. The number of fused-ring (bicyclic) bond motifs is 1. The zero-order valence-electron chi connectivity index (χ0n) is 20.3. The van der Waals surface area contributed by atoms with Crippen LogP contribution in [-0.2, 0) is 6.42 Å². The molecule has 5 nitrogen and oxygen atoms in total. The van der Waals surface area contributed by atoms with E-state index in [1.165, 1.54) is 11.1 Å². The molecule has 1 aliphatic heterocycles. The van der Waals surface area contributed by atoms with E-state index in [0.29, 0.717) is 0 Å². The Labute approximate surface area is 207 Å². The molecule has 1 saturated heterocycles. The van der Waals surface area contributed by atoms with Gasteiger partial charge in [-0.15, -0.1) is 0 Å².